The molecule has 1 amide bonds. The predicted octanol–water partition coefficient (Wildman–Crippen LogP) is -0.601. The highest BCUT2D eigenvalue weighted by molar-refractivity contribution is 5.85. The number of aliphatic hydroxyl groups excluding tert-OH is 1. The Balaban J connectivity index is 0.00000121. The van der Waals surface area contributed by atoms with Crippen LogP contribution < -0.4 is 10.6 Å². The fraction of sp³-hybridized carbons (Fsp3) is 0.833. The highest BCUT2D eigenvalue weighted by Gasteiger charge is 2.23. The molecule has 12 heavy (non-hydrogen) atoms. The topological polar surface area (TPSA) is 81.6 Å². The van der Waals surface area contributed by atoms with Crippen molar-refractivity contribution in [1.29, 1.82) is 0 Å². The number of rotatable bonds is 2. The molecule has 6 heteroatoms. The molecule has 0 unspecified atom stereocenters. The molecular weight excluding hydrogens is 184 g/mol. The number of halogens is 1. The smallest absolute Gasteiger partial charge is 0.404 e. The third-order valence-electron chi connectivity index (χ3n) is 1.77. The van der Waals surface area contributed by atoms with Crippen LogP contribution in [0.1, 0.15) is 6.42 Å². The number of hydrogen-bond acceptors (Lipinski definition) is 3. The Morgan fingerprint density at radius 3 is 2.75 bits per heavy atom. The Labute approximate surface area is 76.6 Å². The Kier molecular flexibility index (Phi) is 4.96. The number of aliphatic hydroxyl groups is 1. The Morgan fingerprint density at radius 2 is 2.33 bits per heavy atom. The van der Waals surface area contributed by atoms with E-state index >= 15 is 0 Å². The van der Waals surface area contributed by atoms with E-state index in [-0.39, 0.29) is 31.1 Å². The summed E-state index contributed by atoms with van der Waals surface area (Å²) in [5, 5.41) is 22.3. The summed E-state index contributed by atoms with van der Waals surface area (Å²) in [5.74, 6) is 0. The van der Waals surface area contributed by atoms with Crippen LogP contribution in [0.25, 0.3) is 0 Å². The second-order valence-corrected chi connectivity index (χ2v) is 2.67. The molecule has 0 saturated carbocycles. The van der Waals surface area contributed by atoms with Gasteiger partial charge in [-0.15, -0.1) is 12.4 Å². The lowest BCUT2D eigenvalue weighted by molar-refractivity contribution is 0.190. The number of hydrogen-bond donors (Lipinski definition) is 4. The van der Waals surface area contributed by atoms with Crippen LogP contribution in [0.5, 0.6) is 0 Å². The van der Waals surface area contributed by atoms with Gasteiger partial charge >= 0.3 is 6.09 Å². The van der Waals surface area contributed by atoms with Crippen LogP contribution in [-0.2, 0) is 0 Å². The second-order valence-electron chi connectivity index (χ2n) is 2.67. The van der Waals surface area contributed by atoms with Gasteiger partial charge in [0.15, 0.2) is 0 Å². The van der Waals surface area contributed by atoms with Gasteiger partial charge in [-0.2, -0.15) is 0 Å². The molecule has 2 atom stereocenters. The SMILES string of the molecule is Cl.O=C(O)N[C@H]1CN[C@H](CO)C1. The quantitative estimate of drug-likeness (QED) is 0.476. The average molecular weight is 197 g/mol. The minimum absolute atomic E-state index is 0. The van der Waals surface area contributed by atoms with Crippen molar-refractivity contribution in [2.45, 2.75) is 18.5 Å². The van der Waals surface area contributed by atoms with Gasteiger partial charge in [-0.05, 0) is 6.42 Å². The first-order chi connectivity index (χ1) is 5.22. The normalized spacial score (nSPS) is 27.8. The van der Waals surface area contributed by atoms with Crippen LogP contribution in [-0.4, -0.2) is 41.5 Å². The minimum atomic E-state index is -1.00. The Bertz CT molecular complexity index is 156. The van der Waals surface area contributed by atoms with E-state index < -0.39 is 6.09 Å². The summed E-state index contributed by atoms with van der Waals surface area (Å²) >= 11 is 0. The zero-order chi connectivity index (χ0) is 8.27. The molecule has 0 aromatic carbocycles. The van der Waals surface area contributed by atoms with Gasteiger partial charge in [0.05, 0.1) is 6.61 Å². The molecule has 1 saturated heterocycles. The predicted molar refractivity (Wildman–Crippen MR) is 45.7 cm³/mol. The third-order valence-corrected chi connectivity index (χ3v) is 1.77. The fourth-order valence-electron chi connectivity index (χ4n) is 1.24. The molecule has 5 nitrogen and oxygen atoms in total. The molecule has 72 valence electrons. The molecule has 0 bridgehead atoms. The van der Waals surface area contributed by atoms with Gasteiger partial charge in [0.25, 0.3) is 0 Å². The van der Waals surface area contributed by atoms with E-state index in [4.69, 9.17) is 10.2 Å². The summed E-state index contributed by atoms with van der Waals surface area (Å²) < 4.78 is 0. The summed E-state index contributed by atoms with van der Waals surface area (Å²) in [7, 11) is 0. The molecule has 0 spiro atoms. The van der Waals surface area contributed by atoms with E-state index in [1.165, 1.54) is 0 Å². The van der Waals surface area contributed by atoms with Crippen LogP contribution >= 0.6 is 12.4 Å². The Morgan fingerprint density at radius 1 is 1.67 bits per heavy atom. The molecule has 4 N–H and O–H groups in total. The zero-order valence-corrected chi connectivity index (χ0v) is 7.30. The summed E-state index contributed by atoms with van der Waals surface area (Å²) in [5.41, 5.74) is 0. The fourth-order valence-corrected chi connectivity index (χ4v) is 1.24. The molecule has 0 aromatic heterocycles. The lowest BCUT2D eigenvalue weighted by atomic mass is 10.2. The Hall–Kier alpha value is -0.520. The van der Waals surface area contributed by atoms with Gasteiger partial charge in [-0.3, -0.25) is 0 Å². The van der Waals surface area contributed by atoms with Crippen LogP contribution in [0.15, 0.2) is 0 Å². The van der Waals surface area contributed by atoms with E-state index in [2.05, 4.69) is 10.6 Å². The molecule has 1 aliphatic rings. The minimum Gasteiger partial charge on any atom is -0.465 e. The maximum absolute atomic E-state index is 10.1. The van der Waals surface area contributed by atoms with E-state index in [0.717, 1.165) is 0 Å². The lowest BCUT2D eigenvalue weighted by Crippen LogP contribution is -2.34. The van der Waals surface area contributed by atoms with Crippen LogP contribution in [0.4, 0.5) is 4.79 Å². The molecule has 1 fully saturated rings. The van der Waals surface area contributed by atoms with Crippen molar-refractivity contribution >= 4 is 18.5 Å². The van der Waals surface area contributed by atoms with Crippen molar-refractivity contribution in [3.8, 4) is 0 Å². The van der Waals surface area contributed by atoms with Gasteiger partial charge in [-0.1, -0.05) is 0 Å². The van der Waals surface area contributed by atoms with Crippen molar-refractivity contribution in [2.24, 2.45) is 0 Å². The van der Waals surface area contributed by atoms with E-state index in [0.29, 0.717) is 13.0 Å². The van der Waals surface area contributed by atoms with Crippen molar-refractivity contribution < 1.29 is 15.0 Å². The highest BCUT2D eigenvalue weighted by atomic mass is 35.5. The van der Waals surface area contributed by atoms with E-state index in [1.54, 1.807) is 0 Å². The molecule has 0 radical (unpaired) electrons. The first kappa shape index (κ1) is 11.5. The first-order valence-electron chi connectivity index (χ1n) is 3.56. The molecule has 0 aromatic rings. The number of amides is 1. The summed E-state index contributed by atoms with van der Waals surface area (Å²) in [4.78, 5) is 10.1. The molecule has 1 heterocycles. The maximum atomic E-state index is 10.1. The van der Waals surface area contributed by atoms with Crippen LogP contribution in [0.2, 0.25) is 0 Å². The molecule has 0 aliphatic carbocycles. The van der Waals surface area contributed by atoms with Gasteiger partial charge in [0.1, 0.15) is 0 Å². The van der Waals surface area contributed by atoms with Gasteiger partial charge < -0.3 is 20.8 Å². The average Bonchev–Trinajstić information content (AvgIpc) is 2.34. The zero-order valence-electron chi connectivity index (χ0n) is 6.49. The van der Waals surface area contributed by atoms with E-state index in [1.807, 2.05) is 0 Å². The third kappa shape index (κ3) is 3.25. The summed E-state index contributed by atoms with van der Waals surface area (Å²) in [6, 6.07) is -0.00324. The van der Waals surface area contributed by atoms with Crippen molar-refractivity contribution in [3.05, 3.63) is 0 Å². The molecule has 1 aliphatic heterocycles. The van der Waals surface area contributed by atoms with Crippen LogP contribution in [0.3, 0.4) is 0 Å². The van der Waals surface area contributed by atoms with Gasteiger partial charge in [0, 0.05) is 18.6 Å². The van der Waals surface area contributed by atoms with Crippen molar-refractivity contribution in [1.82, 2.24) is 10.6 Å². The lowest BCUT2D eigenvalue weighted by Gasteiger charge is -2.07. The second kappa shape index (κ2) is 5.18. The number of nitrogens with one attached hydrogen (secondary N) is 2. The largest absolute Gasteiger partial charge is 0.465 e. The van der Waals surface area contributed by atoms with E-state index in [9.17, 15) is 4.79 Å². The van der Waals surface area contributed by atoms with Gasteiger partial charge in [0.2, 0.25) is 0 Å². The summed E-state index contributed by atoms with van der Waals surface area (Å²) in [6.45, 7) is 0.676. The van der Waals surface area contributed by atoms with Crippen LogP contribution in [0, 0.1) is 0 Å². The number of carbonyl (C=O) groups is 1. The molecule has 1 rings (SSSR count). The van der Waals surface area contributed by atoms with Gasteiger partial charge in [-0.25, -0.2) is 4.79 Å². The highest BCUT2D eigenvalue weighted by Crippen LogP contribution is 2.04. The number of carboxylic acid groups (broad SMARTS) is 1. The summed E-state index contributed by atoms with van der Waals surface area (Å²) in [6.07, 6.45) is -0.335. The standard InChI is InChI=1S/C6H12N2O3.ClH/c9-3-5-1-4(2-7-5)8-6(10)11;/h4-5,7-9H,1-3H2,(H,10,11);1H/t4-,5+;/m1./s1. The van der Waals surface area contributed by atoms with Crippen molar-refractivity contribution in [3.63, 3.8) is 0 Å². The first-order valence-corrected chi connectivity index (χ1v) is 3.56. The maximum Gasteiger partial charge on any atom is 0.404 e. The molecular formula is C6H13ClN2O3. The monoisotopic (exact) mass is 196 g/mol. The van der Waals surface area contributed by atoms with Crippen molar-refractivity contribution in [2.75, 3.05) is 13.2 Å².